The first kappa shape index (κ1) is 24.1. The summed E-state index contributed by atoms with van der Waals surface area (Å²) in [6, 6.07) is 25.0. The largest absolute Gasteiger partial charge is 0.366 e. The Hall–Kier alpha value is -4.60. The molecule has 0 unspecified atom stereocenters. The Morgan fingerprint density at radius 2 is 1.62 bits per heavy atom. The first-order valence-electron chi connectivity index (χ1n) is 11.7. The van der Waals surface area contributed by atoms with Crippen LogP contribution in [-0.2, 0) is 7.05 Å². The van der Waals surface area contributed by atoms with Crippen LogP contribution in [0.2, 0.25) is 0 Å². The maximum Gasteiger partial charge on any atom is 0.250 e. The number of nitrogens with zero attached hydrogens (tertiary/aromatic N) is 4. The van der Waals surface area contributed by atoms with Crippen molar-refractivity contribution >= 4 is 28.3 Å². The van der Waals surface area contributed by atoms with Gasteiger partial charge in [-0.2, -0.15) is 5.10 Å². The fourth-order valence-corrected chi connectivity index (χ4v) is 4.31. The molecule has 2 heterocycles. The molecule has 0 saturated carbocycles. The first-order valence-corrected chi connectivity index (χ1v) is 11.7. The van der Waals surface area contributed by atoms with E-state index in [4.69, 9.17) is 11.5 Å². The van der Waals surface area contributed by atoms with Crippen LogP contribution >= 0.6 is 0 Å². The van der Waals surface area contributed by atoms with Crippen molar-refractivity contribution in [3.63, 3.8) is 0 Å². The molecule has 1 amide bonds. The lowest BCUT2D eigenvalue weighted by molar-refractivity contribution is 0.1000. The molecule has 0 fully saturated rings. The van der Waals surface area contributed by atoms with Crippen molar-refractivity contribution in [1.82, 2.24) is 20.2 Å². The third kappa shape index (κ3) is 4.77. The molecule has 0 radical (unpaired) electrons. The van der Waals surface area contributed by atoms with Gasteiger partial charge in [0.05, 0.1) is 40.4 Å². The van der Waals surface area contributed by atoms with Crippen LogP contribution in [0.4, 0.5) is 15.9 Å². The Morgan fingerprint density at radius 3 is 2.24 bits per heavy atom. The molecule has 2 atom stereocenters. The molecular formula is C28H26FN7O. The summed E-state index contributed by atoms with van der Waals surface area (Å²) < 4.78 is 17.5. The molecule has 9 heteroatoms. The smallest absolute Gasteiger partial charge is 0.250 e. The van der Waals surface area contributed by atoms with Crippen LogP contribution in [0.25, 0.3) is 10.9 Å². The second-order valence-electron chi connectivity index (χ2n) is 8.66. The number of nitrogens with one attached hydrogen (secondary N) is 1. The van der Waals surface area contributed by atoms with Gasteiger partial charge >= 0.3 is 0 Å². The van der Waals surface area contributed by atoms with E-state index >= 15 is 4.39 Å². The van der Waals surface area contributed by atoms with Gasteiger partial charge in [-0.25, -0.2) is 14.8 Å². The predicted molar refractivity (Wildman–Crippen MR) is 141 cm³/mol. The Bertz CT molecular complexity index is 1520. The van der Waals surface area contributed by atoms with Crippen LogP contribution in [-0.4, -0.2) is 20.7 Å². The molecule has 8 nitrogen and oxygen atoms in total. The number of aryl methyl sites for hydroxylation is 1. The minimum Gasteiger partial charge on any atom is -0.366 e. The molecule has 0 bridgehead atoms. The van der Waals surface area contributed by atoms with Crippen molar-refractivity contribution < 1.29 is 9.18 Å². The number of halogens is 1. The van der Waals surface area contributed by atoms with Crippen LogP contribution in [0.3, 0.4) is 0 Å². The Balaban J connectivity index is 1.64. The van der Waals surface area contributed by atoms with Gasteiger partial charge in [0.15, 0.2) is 5.82 Å². The summed E-state index contributed by atoms with van der Waals surface area (Å²) in [6.07, 6.45) is 2.85. The number of pyridine rings is 1. The number of primary amides is 1. The highest BCUT2D eigenvalue weighted by Gasteiger charge is 2.27. The van der Waals surface area contributed by atoms with Gasteiger partial charge in [0.25, 0.3) is 0 Å². The van der Waals surface area contributed by atoms with Crippen LogP contribution in [0.15, 0.2) is 97.3 Å². The van der Waals surface area contributed by atoms with Gasteiger partial charge in [-0.3, -0.25) is 14.5 Å². The normalized spacial score (nSPS) is 12.8. The van der Waals surface area contributed by atoms with Crippen molar-refractivity contribution in [1.29, 1.82) is 0 Å². The zero-order chi connectivity index (χ0) is 25.9. The van der Waals surface area contributed by atoms with Crippen molar-refractivity contribution in [3.8, 4) is 0 Å². The standard InChI is InChI=1S/C28H26FN7O/c1-35-22-13-14-23(25(29)21(22)17-33-35)36(24-15-12-20(16-32-24)28(31)37)34-27(19-10-6-3-7-11-19)26(30)18-8-4-2-5-9-18/h2-17,26-27,34H,30H2,1H3,(H2,31,37)/t26-,27+/m1/s1. The predicted octanol–water partition coefficient (Wildman–Crippen LogP) is 4.29. The molecule has 0 aliphatic rings. The van der Waals surface area contributed by atoms with Gasteiger partial charge in [0.2, 0.25) is 5.91 Å². The average molecular weight is 496 g/mol. The molecule has 0 aliphatic heterocycles. The molecule has 0 aliphatic carbocycles. The summed E-state index contributed by atoms with van der Waals surface area (Å²) in [5.41, 5.74) is 18.6. The lowest BCUT2D eigenvalue weighted by Crippen LogP contribution is -2.42. The molecule has 5 aromatic rings. The fraction of sp³-hybridized carbons (Fsp3) is 0.107. The maximum atomic E-state index is 15.9. The Labute approximate surface area is 213 Å². The molecule has 37 heavy (non-hydrogen) atoms. The second kappa shape index (κ2) is 10.2. The van der Waals surface area contributed by atoms with Crippen molar-refractivity contribution in [3.05, 3.63) is 120 Å². The SMILES string of the molecule is Cn1ncc2c(F)c(N(N[C@@H](c3ccccc3)[C@H](N)c3ccccc3)c3ccc(C(N)=O)cn3)ccc21. The van der Waals surface area contributed by atoms with E-state index in [1.807, 2.05) is 60.7 Å². The number of fused-ring (bicyclic) bond motifs is 1. The van der Waals surface area contributed by atoms with Crippen molar-refractivity contribution in [2.75, 3.05) is 5.01 Å². The lowest BCUT2D eigenvalue weighted by atomic mass is 9.94. The van der Waals surface area contributed by atoms with E-state index in [-0.39, 0.29) is 11.3 Å². The monoisotopic (exact) mass is 495 g/mol. The third-order valence-corrected chi connectivity index (χ3v) is 6.32. The number of amides is 1. The number of aromatic nitrogens is 3. The number of benzene rings is 3. The number of hydrazine groups is 1. The molecule has 0 spiro atoms. The topological polar surface area (TPSA) is 115 Å². The summed E-state index contributed by atoms with van der Waals surface area (Å²) in [7, 11) is 1.76. The molecule has 186 valence electrons. The number of carbonyl (C=O) groups is 1. The van der Waals surface area contributed by atoms with Crippen LogP contribution in [0, 0.1) is 5.82 Å². The van der Waals surface area contributed by atoms with Crippen molar-refractivity contribution in [2.24, 2.45) is 18.5 Å². The zero-order valence-corrected chi connectivity index (χ0v) is 20.1. The molecule has 2 aromatic heterocycles. The minimum absolute atomic E-state index is 0.223. The van der Waals surface area contributed by atoms with Crippen molar-refractivity contribution in [2.45, 2.75) is 12.1 Å². The van der Waals surface area contributed by atoms with E-state index in [2.05, 4.69) is 15.5 Å². The fourth-order valence-electron chi connectivity index (χ4n) is 4.31. The number of rotatable bonds is 8. The summed E-state index contributed by atoms with van der Waals surface area (Å²) in [4.78, 5) is 16.0. The maximum absolute atomic E-state index is 15.9. The number of carbonyl (C=O) groups excluding carboxylic acids is 1. The molecular weight excluding hydrogens is 469 g/mol. The number of hydrogen-bond acceptors (Lipinski definition) is 6. The number of hydrogen-bond donors (Lipinski definition) is 3. The van der Waals surface area contributed by atoms with Gasteiger partial charge in [-0.05, 0) is 35.4 Å². The highest BCUT2D eigenvalue weighted by molar-refractivity contribution is 5.92. The average Bonchev–Trinajstić information content (AvgIpc) is 3.32. The minimum atomic E-state index is -0.602. The Kier molecular flexibility index (Phi) is 6.63. The number of nitrogens with two attached hydrogens (primary N) is 2. The molecule has 5 N–H and O–H groups in total. The first-order chi connectivity index (χ1) is 17.9. The van der Waals surface area contributed by atoms with Gasteiger partial charge in [-0.15, -0.1) is 0 Å². The third-order valence-electron chi connectivity index (χ3n) is 6.32. The van der Waals surface area contributed by atoms with Crippen LogP contribution in [0.5, 0.6) is 0 Å². The highest BCUT2D eigenvalue weighted by atomic mass is 19.1. The van der Waals surface area contributed by atoms with E-state index < -0.39 is 23.8 Å². The molecule has 3 aromatic carbocycles. The summed E-state index contributed by atoms with van der Waals surface area (Å²) >= 11 is 0. The summed E-state index contributed by atoms with van der Waals surface area (Å²) in [5, 5.41) is 6.10. The van der Waals surface area contributed by atoms with Crippen LogP contribution in [0.1, 0.15) is 33.6 Å². The van der Waals surface area contributed by atoms with Gasteiger partial charge in [-0.1, -0.05) is 60.7 Å². The van der Waals surface area contributed by atoms with E-state index in [1.165, 1.54) is 12.4 Å². The highest BCUT2D eigenvalue weighted by Crippen LogP contribution is 2.34. The summed E-state index contributed by atoms with van der Waals surface area (Å²) in [6.45, 7) is 0. The molecule has 0 saturated heterocycles. The van der Waals surface area contributed by atoms with Gasteiger partial charge < -0.3 is 11.5 Å². The Morgan fingerprint density at radius 1 is 0.946 bits per heavy atom. The van der Waals surface area contributed by atoms with Gasteiger partial charge in [0, 0.05) is 13.2 Å². The van der Waals surface area contributed by atoms with E-state index in [0.29, 0.717) is 16.7 Å². The van der Waals surface area contributed by atoms with E-state index in [1.54, 1.807) is 41.0 Å². The van der Waals surface area contributed by atoms with E-state index in [0.717, 1.165) is 11.1 Å². The van der Waals surface area contributed by atoms with Gasteiger partial charge in [0.1, 0.15) is 5.82 Å². The van der Waals surface area contributed by atoms with E-state index in [9.17, 15) is 4.79 Å². The second-order valence-corrected chi connectivity index (χ2v) is 8.66. The molecule has 5 rings (SSSR count). The number of anilines is 2. The summed E-state index contributed by atoms with van der Waals surface area (Å²) in [5.74, 6) is -0.720. The zero-order valence-electron chi connectivity index (χ0n) is 20.1. The van der Waals surface area contributed by atoms with Crippen LogP contribution < -0.4 is 21.9 Å². The lowest BCUT2D eigenvalue weighted by Gasteiger charge is -2.33. The quantitative estimate of drug-likeness (QED) is 0.277.